The van der Waals surface area contributed by atoms with Gasteiger partial charge in [-0.1, -0.05) is 41.3 Å². The quantitative estimate of drug-likeness (QED) is 0.748. The molecule has 2 aromatic carbocycles. The molecule has 4 rings (SSSR count). The van der Waals surface area contributed by atoms with E-state index in [-0.39, 0.29) is 0 Å². The zero-order valence-electron chi connectivity index (χ0n) is 16.0. The first-order valence-corrected chi connectivity index (χ1v) is 9.75. The van der Waals surface area contributed by atoms with Gasteiger partial charge in [0, 0.05) is 44.1 Å². The van der Waals surface area contributed by atoms with Crippen molar-refractivity contribution >= 4 is 29.6 Å². The number of fused-ring (bicyclic) bond motifs is 2. The van der Waals surface area contributed by atoms with Gasteiger partial charge in [0.15, 0.2) is 7.28 Å². The van der Waals surface area contributed by atoms with Crippen LogP contribution in [-0.2, 0) is 6.18 Å². The fraction of sp³-hybridized carbons (Fsp3) is 0.429. The Morgan fingerprint density at radius 3 is 2.36 bits per heavy atom. The number of hydrogen-bond acceptors (Lipinski definition) is 3. The van der Waals surface area contributed by atoms with Crippen LogP contribution in [0.3, 0.4) is 0 Å². The summed E-state index contributed by atoms with van der Waals surface area (Å²) in [6.07, 6.45) is -3.43. The molecule has 2 aromatic rings. The fourth-order valence-corrected chi connectivity index (χ4v) is 3.99. The molecule has 147 valence electrons. The molecule has 0 aliphatic carbocycles. The molecule has 0 N–H and O–H groups in total. The Morgan fingerprint density at radius 2 is 1.61 bits per heavy atom. The normalized spacial score (nSPS) is 17.8. The van der Waals surface area contributed by atoms with E-state index in [0.717, 1.165) is 55.8 Å². The van der Waals surface area contributed by atoms with Gasteiger partial charge < -0.3 is 14.7 Å². The van der Waals surface area contributed by atoms with Crippen LogP contribution in [0.2, 0.25) is 0 Å². The van der Waals surface area contributed by atoms with Gasteiger partial charge in [-0.3, -0.25) is 0 Å². The van der Waals surface area contributed by atoms with Gasteiger partial charge in [-0.05, 0) is 32.1 Å². The maximum absolute atomic E-state index is 13.3. The van der Waals surface area contributed by atoms with Crippen LogP contribution < -0.4 is 15.8 Å². The molecule has 2 aliphatic rings. The van der Waals surface area contributed by atoms with E-state index in [1.807, 2.05) is 31.5 Å². The largest absolute Gasteiger partial charge is 0.416 e. The lowest BCUT2D eigenvalue weighted by Gasteiger charge is -2.36. The topological polar surface area (TPSA) is 9.72 Å². The van der Waals surface area contributed by atoms with E-state index < -0.39 is 11.7 Å². The van der Waals surface area contributed by atoms with Crippen molar-refractivity contribution in [2.75, 3.05) is 51.2 Å². The zero-order valence-corrected chi connectivity index (χ0v) is 16.0. The average Bonchev–Trinajstić information content (AvgIpc) is 2.68. The zero-order chi connectivity index (χ0) is 19.7. The molecule has 0 atom stereocenters. The summed E-state index contributed by atoms with van der Waals surface area (Å²) in [5, 5.41) is 0. The maximum atomic E-state index is 13.3. The lowest BCUT2D eigenvalue weighted by molar-refractivity contribution is -0.137. The van der Waals surface area contributed by atoms with Crippen LogP contribution in [0, 0.1) is 0 Å². The van der Waals surface area contributed by atoms with E-state index in [1.165, 1.54) is 12.1 Å². The number of benzene rings is 2. The molecule has 28 heavy (non-hydrogen) atoms. The third-order valence-electron chi connectivity index (χ3n) is 5.64. The molecule has 0 unspecified atom stereocenters. The van der Waals surface area contributed by atoms with Gasteiger partial charge >= 0.3 is 6.18 Å². The van der Waals surface area contributed by atoms with E-state index in [9.17, 15) is 13.2 Å². The number of anilines is 2. The average molecular weight is 386 g/mol. The van der Waals surface area contributed by atoms with Crippen LogP contribution in [0.5, 0.6) is 0 Å². The highest BCUT2D eigenvalue weighted by Crippen LogP contribution is 2.34. The summed E-state index contributed by atoms with van der Waals surface area (Å²) in [4.78, 5) is 6.81. The first-order chi connectivity index (χ1) is 13.4. The Morgan fingerprint density at radius 1 is 0.893 bits per heavy atom. The number of rotatable bonds is 4. The number of alkyl halides is 3. The van der Waals surface area contributed by atoms with Crippen molar-refractivity contribution in [1.82, 2.24) is 9.80 Å². The number of para-hydroxylation sites is 1. The number of hydrogen-bond donors (Lipinski definition) is 0. The van der Waals surface area contributed by atoms with Gasteiger partial charge in [0.25, 0.3) is 0 Å². The molecule has 0 bridgehead atoms. The van der Waals surface area contributed by atoms with Crippen LogP contribution in [-0.4, -0.2) is 63.4 Å². The van der Waals surface area contributed by atoms with Gasteiger partial charge in [0.05, 0.1) is 5.56 Å². The second-order valence-corrected chi connectivity index (χ2v) is 7.62. The highest BCUT2D eigenvalue weighted by atomic mass is 19.4. The first kappa shape index (κ1) is 19.3. The van der Waals surface area contributed by atoms with E-state index in [2.05, 4.69) is 21.7 Å². The van der Waals surface area contributed by atoms with Crippen molar-refractivity contribution < 1.29 is 13.2 Å². The monoisotopic (exact) mass is 386 g/mol. The van der Waals surface area contributed by atoms with Crippen molar-refractivity contribution in [3.8, 4) is 0 Å². The molecule has 1 radical (unpaired) electrons. The van der Waals surface area contributed by atoms with E-state index in [4.69, 9.17) is 0 Å². The molecule has 1 fully saturated rings. The summed E-state index contributed by atoms with van der Waals surface area (Å²) < 4.78 is 39.8. The molecule has 7 heteroatoms. The van der Waals surface area contributed by atoms with Gasteiger partial charge in [-0.2, -0.15) is 13.2 Å². The number of nitrogens with zero attached hydrogens (tertiary/aromatic N) is 3. The molecule has 2 aliphatic heterocycles. The van der Waals surface area contributed by atoms with Crippen LogP contribution >= 0.6 is 0 Å². The maximum Gasteiger partial charge on any atom is 0.416 e. The Bertz CT molecular complexity index is 832. The minimum Gasteiger partial charge on any atom is -0.342 e. The van der Waals surface area contributed by atoms with E-state index in [1.54, 1.807) is 6.07 Å². The lowest BCUT2D eigenvalue weighted by atomic mass is 9.60. The van der Waals surface area contributed by atoms with Crippen molar-refractivity contribution in [3.63, 3.8) is 0 Å². The first-order valence-electron chi connectivity index (χ1n) is 9.75. The molecule has 0 aromatic heterocycles. The van der Waals surface area contributed by atoms with E-state index >= 15 is 0 Å². The smallest absolute Gasteiger partial charge is 0.342 e. The SMILES string of the molecule is CN1CCN(CCCN2c3ccccc3[B]c3ccc(C(F)(F)F)cc32)CC1. The summed E-state index contributed by atoms with van der Waals surface area (Å²) in [5.41, 5.74) is 2.92. The van der Waals surface area contributed by atoms with Crippen LogP contribution in [0.1, 0.15) is 12.0 Å². The second kappa shape index (κ2) is 7.80. The van der Waals surface area contributed by atoms with E-state index in [0.29, 0.717) is 12.2 Å². The molecule has 3 nitrogen and oxygen atoms in total. The Balaban J connectivity index is 1.55. The molecular weight excluding hydrogens is 362 g/mol. The summed E-state index contributed by atoms with van der Waals surface area (Å²) in [6.45, 7) is 5.90. The molecule has 2 heterocycles. The second-order valence-electron chi connectivity index (χ2n) is 7.62. The number of likely N-dealkylation sites (N-methyl/N-ethyl adjacent to an activating group) is 1. The lowest BCUT2D eigenvalue weighted by Crippen LogP contribution is -2.46. The number of piperazine rings is 1. The van der Waals surface area contributed by atoms with Crippen molar-refractivity contribution in [1.29, 1.82) is 0 Å². The van der Waals surface area contributed by atoms with Crippen LogP contribution in [0.15, 0.2) is 42.5 Å². The molecule has 0 saturated carbocycles. The van der Waals surface area contributed by atoms with Crippen LogP contribution in [0.4, 0.5) is 24.5 Å². The van der Waals surface area contributed by atoms with Gasteiger partial charge in [0.2, 0.25) is 0 Å². The highest BCUT2D eigenvalue weighted by molar-refractivity contribution is 6.71. The molecular formula is C21H24BF3N3. The predicted octanol–water partition coefficient (Wildman–Crippen LogP) is 2.45. The van der Waals surface area contributed by atoms with Crippen molar-refractivity contribution in [2.24, 2.45) is 0 Å². The summed E-state index contributed by atoms with van der Waals surface area (Å²) in [6, 6.07) is 12.0. The summed E-state index contributed by atoms with van der Waals surface area (Å²) >= 11 is 0. The molecule has 1 saturated heterocycles. The highest BCUT2D eigenvalue weighted by Gasteiger charge is 2.33. The van der Waals surface area contributed by atoms with Gasteiger partial charge in [-0.15, -0.1) is 0 Å². The molecule has 0 amide bonds. The predicted molar refractivity (Wildman–Crippen MR) is 108 cm³/mol. The van der Waals surface area contributed by atoms with Crippen molar-refractivity contribution in [3.05, 3.63) is 48.0 Å². The Kier molecular flexibility index (Phi) is 5.38. The Labute approximate surface area is 165 Å². The third-order valence-corrected chi connectivity index (χ3v) is 5.64. The van der Waals surface area contributed by atoms with Crippen LogP contribution in [0.25, 0.3) is 0 Å². The minimum absolute atomic E-state index is 0.594. The third kappa shape index (κ3) is 4.05. The Hall–Kier alpha value is -1.99. The summed E-state index contributed by atoms with van der Waals surface area (Å²) in [5.74, 6) is 0. The number of halogens is 3. The fourth-order valence-electron chi connectivity index (χ4n) is 3.99. The standard InChI is InChI=1S/C21H24BF3N3/c1-26-11-13-27(14-12-26)9-4-10-28-19-6-3-2-5-17(19)22-18-8-7-16(15-20(18)28)21(23,24)25/h2-3,5-8,15H,4,9-14H2,1H3. The van der Waals surface area contributed by atoms with Crippen molar-refractivity contribution in [2.45, 2.75) is 12.6 Å². The van der Waals surface area contributed by atoms with Gasteiger partial charge in [0.1, 0.15) is 0 Å². The van der Waals surface area contributed by atoms with Gasteiger partial charge in [-0.25, -0.2) is 0 Å². The summed E-state index contributed by atoms with van der Waals surface area (Å²) in [7, 11) is 4.11. The molecule has 0 spiro atoms. The minimum atomic E-state index is -4.34.